The van der Waals surface area contributed by atoms with Gasteiger partial charge in [-0.05, 0) is 45.4 Å². The van der Waals surface area contributed by atoms with Gasteiger partial charge >= 0.3 is 5.97 Å². The highest BCUT2D eigenvalue weighted by molar-refractivity contribution is 5.78. The molecule has 1 N–H and O–H groups in total. The van der Waals surface area contributed by atoms with Crippen LogP contribution in [-0.4, -0.2) is 40.6 Å². The van der Waals surface area contributed by atoms with Crippen molar-refractivity contribution in [1.29, 1.82) is 0 Å². The zero-order valence-electron chi connectivity index (χ0n) is 13.0. The number of carbonyl (C=O) groups excluding carboxylic acids is 1. The molecule has 0 atom stereocenters. The normalized spacial score (nSPS) is 10.8. The van der Waals surface area contributed by atoms with E-state index < -0.39 is 5.97 Å². The summed E-state index contributed by atoms with van der Waals surface area (Å²) in [4.78, 5) is 24.6. The number of ether oxygens (including phenoxy) is 1. The van der Waals surface area contributed by atoms with Crippen molar-refractivity contribution in [3.05, 3.63) is 29.8 Å². The fourth-order valence-corrected chi connectivity index (χ4v) is 2.31. The topological polar surface area (TPSA) is 66.8 Å². The summed E-state index contributed by atoms with van der Waals surface area (Å²) >= 11 is 0. The summed E-state index contributed by atoms with van der Waals surface area (Å²) in [6.07, 6.45) is -0.0603. The maximum Gasteiger partial charge on any atom is 0.307 e. The molecule has 1 aromatic carbocycles. The molecule has 0 bridgehead atoms. The molecule has 0 aliphatic carbocycles. The predicted octanol–water partition coefficient (Wildman–Crippen LogP) is 2.34. The highest BCUT2D eigenvalue weighted by Gasteiger charge is 2.20. The Morgan fingerprint density at radius 1 is 1.19 bits per heavy atom. The van der Waals surface area contributed by atoms with Crippen molar-refractivity contribution in [1.82, 2.24) is 4.90 Å². The first-order valence-corrected chi connectivity index (χ1v) is 7.06. The Balaban J connectivity index is 2.66. The van der Waals surface area contributed by atoms with Crippen LogP contribution in [-0.2, 0) is 16.0 Å². The van der Waals surface area contributed by atoms with E-state index in [2.05, 4.69) is 0 Å². The molecule has 0 heterocycles. The van der Waals surface area contributed by atoms with Crippen molar-refractivity contribution in [2.75, 3.05) is 6.61 Å². The Labute approximate surface area is 125 Å². The molecule has 0 aliphatic heterocycles. The third kappa shape index (κ3) is 5.45. The fourth-order valence-electron chi connectivity index (χ4n) is 2.31. The van der Waals surface area contributed by atoms with Crippen LogP contribution in [0.25, 0.3) is 0 Å². The summed E-state index contributed by atoms with van der Waals surface area (Å²) in [6, 6.07) is 7.03. The Morgan fingerprint density at radius 3 is 2.33 bits per heavy atom. The molecule has 0 radical (unpaired) electrons. The molecule has 5 heteroatoms. The molecule has 0 fully saturated rings. The molecule has 116 valence electrons. The summed E-state index contributed by atoms with van der Waals surface area (Å²) in [5.74, 6) is -0.466. The second kappa shape index (κ2) is 7.67. The Bertz CT molecular complexity index is 489. The van der Waals surface area contributed by atoms with E-state index in [1.807, 2.05) is 27.7 Å². The van der Waals surface area contributed by atoms with Gasteiger partial charge in [0.05, 0.1) is 6.42 Å². The van der Waals surface area contributed by atoms with Crippen molar-refractivity contribution >= 4 is 11.9 Å². The number of carboxylic acids is 1. The van der Waals surface area contributed by atoms with Crippen molar-refractivity contribution in [3.63, 3.8) is 0 Å². The first-order chi connectivity index (χ1) is 9.81. The van der Waals surface area contributed by atoms with Gasteiger partial charge in [0.1, 0.15) is 5.75 Å². The van der Waals surface area contributed by atoms with Crippen LogP contribution in [0.5, 0.6) is 5.75 Å². The number of benzene rings is 1. The molecule has 0 saturated heterocycles. The Hall–Kier alpha value is -2.04. The number of aliphatic carboxylic acids is 1. The van der Waals surface area contributed by atoms with Crippen LogP contribution in [0.4, 0.5) is 0 Å². The van der Waals surface area contributed by atoms with Crippen LogP contribution >= 0.6 is 0 Å². The van der Waals surface area contributed by atoms with Crippen molar-refractivity contribution in [2.45, 2.75) is 46.2 Å². The van der Waals surface area contributed by atoms with Crippen LogP contribution in [0, 0.1) is 0 Å². The van der Waals surface area contributed by atoms with E-state index in [0.717, 1.165) is 0 Å². The number of amides is 1. The zero-order chi connectivity index (χ0) is 16.0. The third-order valence-corrected chi connectivity index (χ3v) is 3.02. The van der Waals surface area contributed by atoms with E-state index in [4.69, 9.17) is 9.84 Å². The average molecular weight is 293 g/mol. The van der Waals surface area contributed by atoms with Crippen LogP contribution in [0.2, 0.25) is 0 Å². The maximum atomic E-state index is 12.2. The largest absolute Gasteiger partial charge is 0.484 e. The van der Waals surface area contributed by atoms with Crippen molar-refractivity contribution in [3.8, 4) is 5.75 Å². The van der Waals surface area contributed by atoms with Gasteiger partial charge in [-0.25, -0.2) is 0 Å². The fraction of sp³-hybridized carbons (Fsp3) is 0.500. The van der Waals surface area contributed by atoms with E-state index in [0.29, 0.717) is 11.3 Å². The van der Waals surface area contributed by atoms with Gasteiger partial charge in [0.15, 0.2) is 6.61 Å². The van der Waals surface area contributed by atoms with E-state index >= 15 is 0 Å². The zero-order valence-corrected chi connectivity index (χ0v) is 13.0. The lowest BCUT2D eigenvalue weighted by molar-refractivity contribution is -0.137. The van der Waals surface area contributed by atoms with Crippen LogP contribution in [0.1, 0.15) is 33.3 Å². The summed E-state index contributed by atoms with van der Waals surface area (Å²) in [5.41, 5.74) is 0.650. The Kier molecular flexibility index (Phi) is 6.21. The second-order valence-corrected chi connectivity index (χ2v) is 5.50. The molecule has 1 aromatic rings. The molecule has 0 unspecified atom stereocenters. The summed E-state index contributed by atoms with van der Waals surface area (Å²) in [5, 5.41) is 8.77. The van der Waals surface area contributed by atoms with Crippen molar-refractivity contribution in [2.24, 2.45) is 0 Å². The van der Waals surface area contributed by atoms with E-state index in [1.165, 1.54) is 0 Å². The SMILES string of the molecule is CC(C)N(C(=O)COc1cccc(CC(=O)O)c1)C(C)C. The number of carboxylic acid groups (broad SMARTS) is 1. The lowest BCUT2D eigenvalue weighted by Crippen LogP contribution is -2.44. The molecule has 21 heavy (non-hydrogen) atoms. The Morgan fingerprint density at radius 2 is 1.81 bits per heavy atom. The van der Waals surface area contributed by atoms with Gasteiger partial charge in [-0.3, -0.25) is 9.59 Å². The number of rotatable bonds is 7. The van der Waals surface area contributed by atoms with Crippen molar-refractivity contribution < 1.29 is 19.4 Å². The standard InChI is InChI=1S/C16H23NO4/c1-11(2)17(12(3)4)15(18)10-21-14-7-5-6-13(8-14)9-16(19)20/h5-8,11-12H,9-10H2,1-4H3,(H,19,20). The van der Waals surface area contributed by atoms with Gasteiger partial charge in [-0.2, -0.15) is 0 Å². The minimum absolute atomic E-state index is 0.0487. The number of hydrogen-bond acceptors (Lipinski definition) is 3. The van der Waals surface area contributed by atoms with Crippen LogP contribution in [0.3, 0.4) is 0 Å². The molecular formula is C16H23NO4. The molecule has 0 aliphatic rings. The number of carbonyl (C=O) groups is 2. The molecule has 1 rings (SSSR count). The minimum atomic E-state index is -0.894. The average Bonchev–Trinajstić information content (AvgIpc) is 2.35. The summed E-state index contributed by atoms with van der Waals surface area (Å²) in [7, 11) is 0. The van der Waals surface area contributed by atoms with E-state index in [-0.39, 0.29) is 31.0 Å². The van der Waals surface area contributed by atoms with E-state index in [1.54, 1.807) is 29.2 Å². The summed E-state index contributed by atoms with van der Waals surface area (Å²) in [6.45, 7) is 7.81. The number of nitrogens with zero attached hydrogens (tertiary/aromatic N) is 1. The molecule has 0 saturated carbocycles. The molecule has 5 nitrogen and oxygen atoms in total. The number of hydrogen-bond donors (Lipinski definition) is 1. The minimum Gasteiger partial charge on any atom is -0.484 e. The lowest BCUT2D eigenvalue weighted by atomic mass is 10.1. The van der Waals surface area contributed by atoms with Gasteiger partial charge in [-0.1, -0.05) is 12.1 Å². The highest BCUT2D eigenvalue weighted by Crippen LogP contribution is 2.14. The lowest BCUT2D eigenvalue weighted by Gasteiger charge is -2.30. The first-order valence-electron chi connectivity index (χ1n) is 7.06. The van der Waals surface area contributed by atoms with Crippen LogP contribution in [0.15, 0.2) is 24.3 Å². The van der Waals surface area contributed by atoms with E-state index in [9.17, 15) is 9.59 Å². The monoisotopic (exact) mass is 293 g/mol. The summed E-state index contributed by atoms with van der Waals surface area (Å²) < 4.78 is 5.49. The molecule has 0 aromatic heterocycles. The van der Waals surface area contributed by atoms with Crippen LogP contribution < -0.4 is 4.74 Å². The quantitative estimate of drug-likeness (QED) is 0.838. The smallest absolute Gasteiger partial charge is 0.307 e. The third-order valence-electron chi connectivity index (χ3n) is 3.02. The molecule has 0 spiro atoms. The molecule has 1 amide bonds. The maximum absolute atomic E-state index is 12.2. The first kappa shape index (κ1) is 17.0. The van der Waals surface area contributed by atoms with Gasteiger partial charge in [-0.15, -0.1) is 0 Å². The highest BCUT2D eigenvalue weighted by atomic mass is 16.5. The van der Waals surface area contributed by atoms with Gasteiger partial charge < -0.3 is 14.7 Å². The van der Waals surface area contributed by atoms with Gasteiger partial charge in [0, 0.05) is 12.1 Å². The van der Waals surface area contributed by atoms with Gasteiger partial charge in [0.25, 0.3) is 5.91 Å². The van der Waals surface area contributed by atoms with Gasteiger partial charge in [0.2, 0.25) is 0 Å². The predicted molar refractivity (Wildman–Crippen MR) is 80.4 cm³/mol. The second-order valence-electron chi connectivity index (χ2n) is 5.50. The molecular weight excluding hydrogens is 270 g/mol.